The van der Waals surface area contributed by atoms with Gasteiger partial charge in [-0.1, -0.05) is 24.3 Å². The van der Waals surface area contributed by atoms with Crippen molar-refractivity contribution in [3.8, 4) is 0 Å². The van der Waals surface area contributed by atoms with Crippen molar-refractivity contribution in [1.29, 1.82) is 0 Å². The summed E-state index contributed by atoms with van der Waals surface area (Å²) in [4.78, 5) is 37.2. The number of nitrogens with one attached hydrogen (secondary N) is 3. The number of piperidine rings is 1. The van der Waals surface area contributed by atoms with Crippen LogP contribution in [0.15, 0.2) is 48.5 Å². The Morgan fingerprint density at radius 2 is 1.53 bits per heavy atom. The Labute approximate surface area is 261 Å². The van der Waals surface area contributed by atoms with Gasteiger partial charge in [0.25, 0.3) is 11.8 Å². The number of benzene rings is 2. The van der Waals surface area contributed by atoms with Crippen molar-refractivity contribution in [3.63, 3.8) is 0 Å². The fourth-order valence-electron chi connectivity index (χ4n) is 5.29. The third-order valence-electron chi connectivity index (χ3n) is 8.11. The molecule has 2 atom stereocenters. The van der Waals surface area contributed by atoms with Crippen LogP contribution in [0.5, 0.6) is 0 Å². The molecule has 1 saturated heterocycles. The zero-order chi connectivity index (χ0) is 33.0. The lowest BCUT2D eigenvalue weighted by molar-refractivity contribution is -0.192. The van der Waals surface area contributed by atoms with E-state index in [1.807, 2.05) is 38.4 Å². The standard InChI is InChI=1S/C30H43N5O3.C2HF3O2/c1-34(2)19-15-31-29(36)25-11-9-24(10-12-25)27-20-28(27)32-21-23-13-17-35(18-14-23)16-3-4-22-5-7-26(8-6-22)30(37)33-38;3-2(4,5)1(6)7/h5-12,23,27-28,32,38H,3-4,13-21H2,1-2H3,(H,31,36)(H,33,37);(H,6,7). The van der Waals surface area contributed by atoms with Gasteiger partial charge < -0.3 is 25.5 Å². The van der Waals surface area contributed by atoms with E-state index >= 15 is 0 Å². The van der Waals surface area contributed by atoms with Gasteiger partial charge in [-0.25, -0.2) is 10.3 Å². The molecule has 2 aromatic carbocycles. The molecule has 2 amide bonds. The molecule has 45 heavy (non-hydrogen) atoms. The van der Waals surface area contributed by atoms with Crippen LogP contribution >= 0.6 is 0 Å². The van der Waals surface area contributed by atoms with Gasteiger partial charge in [0.05, 0.1) is 0 Å². The maximum absolute atomic E-state index is 12.3. The number of hydrogen-bond donors (Lipinski definition) is 5. The first kappa shape index (κ1) is 36.0. The van der Waals surface area contributed by atoms with E-state index in [0.717, 1.165) is 57.0 Å². The van der Waals surface area contributed by atoms with Gasteiger partial charge in [-0.15, -0.1) is 0 Å². The van der Waals surface area contributed by atoms with E-state index in [9.17, 15) is 22.8 Å². The number of carboxylic acids is 1. The Morgan fingerprint density at radius 3 is 2.09 bits per heavy atom. The number of rotatable bonds is 13. The fourth-order valence-corrected chi connectivity index (χ4v) is 5.29. The number of hydroxylamine groups is 1. The quantitative estimate of drug-likeness (QED) is 0.167. The van der Waals surface area contributed by atoms with E-state index < -0.39 is 18.1 Å². The summed E-state index contributed by atoms with van der Waals surface area (Å²) in [6.45, 7) is 6.01. The van der Waals surface area contributed by atoms with Crippen LogP contribution in [0.4, 0.5) is 13.2 Å². The largest absolute Gasteiger partial charge is 0.490 e. The number of aryl methyl sites for hydroxylation is 1. The van der Waals surface area contributed by atoms with Crippen LogP contribution in [0.1, 0.15) is 63.4 Å². The smallest absolute Gasteiger partial charge is 0.475 e. The lowest BCUT2D eigenvalue weighted by Gasteiger charge is -2.32. The molecule has 1 saturated carbocycles. The van der Waals surface area contributed by atoms with Crippen LogP contribution in [0.2, 0.25) is 0 Å². The fraction of sp³-hybridized carbons (Fsp3) is 0.531. The molecule has 2 aliphatic rings. The Bertz CT molecular complexity index is 1230. The molecule has 1 aliphatic heterocycles. The van der Waals surface area contributed by atoms with Gasteiger partial charge in [-0.3, -0.25) is 14.8 Å². The van der Waals surface area contributed by atoms with E-state index in [1.54, 1.807) is 17.6 Å². The van der Waals surface area contributed by atoms with Crippen molar-refractivity contribution >= 4 is 17.8 Å². The van der Waals surface area contributed by atoms with E-state index in [1.165, 1.54) is 30.4 Å². The topological polar surface area (TPSA) is 134 Å². The van der Waals surface area contributed by atoms with E-state index in [2.05, 4.69) is 32.6 Å². The van der Waals surface area contributed by atoms with Gasteiger partial charge >= 0.3 is 12.1 Å². The van der Waals surface area contributed by atoms with Crippen molar-refractivity contribution in [1.82, 2.24) is 25.9 Å². The van der Waals surface area contributed by atoms with Crippen LogP contribution in [0.3, 0.4) is 0 Å². The molecular formula is C32H44F3N5O5. The molecule has 0 bridgehead atoms. The minimum absolute atomic E-state index is 0.00132. The summed E-state index contributed by atoms with van der Waals surface area (Å²) < 4.78 is 31.7. The summed E-state index contributed by atoms with van der Waals surface area (Å²) in [7, 11) is 4.00. The van der Waals surface area contributed by atoms with Crippen molar-refractivity contribution < 1.29 is 37.9 Å². The first-order valence-corrected chi connectivity index (χ1v) is 15.2. The highest BCUT2D eigenvalue weighted by Gasteiger charge is 2.39. The summed E-state index contributed by atoms with van der Waals surface area (Å²) >= 11 is 0. The maximum atomic E-state index is 12.3. The van der Waals surface area contributed by atoms with Crippen LogP contribution in [0.25, 0.3) is 0 Å². The number of likely N-dealkylation sites (N-methyl/N-ethyl adjacent to an activating group) is 1. The molecule has 2 aromatic rings. The third kappa shape index (κ3) is 12.4. The Hall–Kier alpha value is -3.52. The first-order chi connectivity index (χ1) is 21.4. The number of likely N-dealkylation sites (tertiary alicyclic amines) is 1. The van der Waals surface area contributed by atoms with Gasteiger partial charge in [-0.05, 0) is 114 Å². The number of nitrogens with zero attached hydrogens (tertiary/aromatic N) is 2. The molecule has 2 fully saturated rings. The van der Waals surface area contributed by atoms with Gasteiger partial charge in [0.15, 0.2) is 0 Å². The monoisotopic (exact) mass is 635 g/mol. The second-order valence-electron chi connectivity index (χ2n) is 11.9. The third-order valence-corrected chi connectivity index (χ3v) is 8.11. The second-order valence-corrected chi connectivity index (χ2v) is 11.9. The summed E-state index contributed by atoms with van der Waals surface area (Å²) in [6, 6.07) is 16.1. The summed E-state index contributed by atoms with van der Waals surface area (Å²) in [6.07, 6.45) is 0.682. The number of aliphatic carboxylic acids is 1. The van der Waals surface area contributed by atoms with E-state index in [-0.39, 0.29) is 5.91 Å². The minimum Gasteiger partial charge on any atom is -0.475 e. The van der Waals surface area contributed by atoms with Crippen LogP contribution in [-0.2, 0) is 11.2 Å². The maximum Gasteiger partial charge on any atom is 0.490 e. The summed E-state index contributed by atoms with van der Waals surface area (Å²) in [5, 5.41) is 22.6. The van der Waals surface area contributed by atoms with Crippen molar-refractivity contribution in [2.24, 2.45) is 5.92 Å². The normalized spacial score (nSPS) is 18.6. The molecule has 13 heteroatoms. The van der Waals surface area contributed by atoms with Gasteiger partial charge in [0.1, 0.15) is 0 Å². The Morgan fingerprint density at radius 1 is 0.956 bits per heavy atom. The second kappa shape index (κ2) is 17.2. The lowest BCUT2D eigenvalue weighted by atomic mass is 9.96. The minimum atomic E-state index is -5.08. The van der Waals surface area contributed by atoms with E-state index in [4.69, 9.17) is 15.1 Å². The molecule has 0 spiro atoms. The summed E-state index contributed by atoms with van der Waals surface area (Å²) in [5.74, 6) is -1.93. The lowest BCUT2D eigenvalue weighted by Crippen LogP contribution is -2.38. The zero-order valence-electron chi connectivity index (χ0n) is 25.8. The van der Waals surface area contributed by atoms with Crippen molar-refractivity contribution in [3.05, 3.63) is 70.8 Å². The predicted molar refractivity (Wildman–Crippen MR) is 163 cm³/mol. The van der Waals surface area contributed by atoms with E-state index in [0.29, 0.717) is 24.1 Å². The number of carbonyl (C=O) groups excluding carboxylic acids is 2. The number of hydrogen-bond acceptors (Lipinski definition) is 7. The summed E-state index contributed by atoms with van der Waals surface area (Å²) in [5.41, 5.74) is 5.41. The molecule has 2 unspecified atom stereocenters. The molecule has 0 aromatic heterocycles. The highest BCUT2D eigenvalue weighted by atomic mass is 19.4. The molecule has 5 N–H and O–H groups in total. The average Bonchev–Trinajstić information content (AvgIpc) is 3.80. The number of carboxylic acid groups (broad SMARTS) is 1. The molecular weight excluding hydrogens is 591 g/mol. The van der Waals surface area contributed by atoms with Gasteiger partial charge in [0, 0.05) is 36.2 Å². The number of carbonyl (C=O) groups is 3. The molecule has 1 heterocycles. The molecule has 248 valence electrons. The van der Waals surface area contributed by atoms with Crippen LogP contribution in [-0.4, -0.2) is 103 Å². The number of amides is 2. The SMILES string of the molecule is CN(C)CCNC(=O)c1ccc(C2CC2NCC2CCN(CCCc3ccc(C(=O)NO)cc3)CC2)cc1.O=C(O)C(F)(F)F. The number of alkyl halides is 3. The highest BCUT2D eigenvalue weighted by molar-refractivity contribution is 5.94. The van der Waals surface area contributed by atoms with Gasteiger partial charge in [0.2, 0.25) is 0 Å². The zero-order valence-corrected chi connectivity index (χ0v) is 25.8. The van der Waals surface area contributed by atoms with Crippen LogP contribution in [0, 0.1) is 5.92 Å². The molecule has 4 rings (SSSR count). The van der Waals surface area contributed by atoms with Crippen molar-refractivity contribution in [2.75, 3.05) is 53.4 Å². The molecule has 0 radical (unpaired) electrons. The van der Waals surface area contributed by atoms with Gasteiger partial charge in [-0.2, -0.15) is 13.2 Å². The Kier molecular flexibility index (Phi) is 13.8. The average molecular weight is 636 g/mol. The highest BCUT2D eigenvalue weighted by Crippen LogP contribution is 2.41. The number of halogens is 3. The van der Waals surface area contributed by atoms with Crippen LogP contribution < -0.4 is 16.1 Å². The Balaban J connectivity index is 0.000000707. The van der Waals surface area contributed by atoms with Crippen molar-refractivity contribution in [2.45, 2.75) is 50.2 Å². The predicted octanol–water partition coefficient (Wildman–Crippen LogP) is 3.52. The first-order valence-electron chi connectivity index (χ1n) is 15.2. The molecule has 1 aliphatic carbocycles. The molecule has 10 nitrogen and oxygen atoms in total.